The first kappa shape index (κ1) is 13.4. The predicted octanol–water partition coefficient (Wildman–Crippen LogP) is 4.70. The molecule has 0 spiro atoms. The van der Waals surface area contributed by atoms with Gasteiger partial charge in [0.2, 0.25) is 0 Å². The van der Waals surface area contributed by atoms with Gasteiger partial charge in [0.1, 0.15) is 0 Å². The molecule has 112 valence electrons. The molecule has 1 N–H and O–H groups in total. The van der Waals surface area contributed by atoms with E-state index in [1.807, 2.05) is 0 Å². The van der Waals surface area contributed by atoms with E-state index in [9.17, 15) is 5.11 Å². The van der Waals surface area contributed by atoms with Crippen molar-refractivity contribution in [3.05, 3.63) is 11.6 Å². The summed E-state index contributed by atoms with van der Waals surface area (Å²) in [6.45, 7) is 5.05. The molecule has 0 amide bonds. The second-order valence-corrected chi connectivity index (χ2v) is 8.74. The summed E-state index contributed by atoms with van der Waals surface area (Å²) in [5.41, 5.74) is 2.67. The Hall–Kier alpha value is -0.300. The van der Waals surface area contributed by atoms with Crippen molar-refractivity contribution in [1.82, 2.24) is 0 Å². The van der Waals surface area contributed by atoms with E-state index in [0.717, 1.165) is 37.0 Å². The van der Waals surface area contributed by atoms with Gasteiger partial charge >= 0.3 is 0 Å². The fourth-order valence-corrected chi connectivity index (χ4v) is 6.73. The van der Waals surface area contributed by atoms with Crippen LogP contribution in [-0.2, 0) is 0 Å². The molecular formula is C19H30O. The lowest BCUT2D eigenvalue weighted by Crippen LogP contribution is -2.49. The van der Waals surface area contributed by atoms with E-state index >= 15 is 0 Å². The lowest BCUT2D eigenvalue weighted by molar-refractivity contribution is -0.0450. The van der Waals surface area contributed by atoms with Gasteiger partial charge in [0.15, 0.2) is 0 Å². The van der Waals surface area contributed by atoms with Crippen LogP contribution in [0.2, 0.25) is 0 Å². The molecule has 1 unspecified atom stereocenters. The van der Waals surface area contributed by atoms with Gasteiger partial charge in [-0.1, -0.05) is 31.9 Å². The van der Waals surface area contributed by atoms with Crippen LogP contribution in [0.25, 0.3) is 0 Å². The largest absolute Gasteiger partial charge is 0.393 e. The van der Waals surface area contributed by atoms with Crippen molar-refractivity contribution in [2.75, 3.05) is 0 Å². The molecular weight excluding hydrogens is 244 g/mol. The molecule has 1 heteroatoms. The predicted molar refractivity (Wildman–Crippen MR) is 82.3 cm³/mol. The first-order valence-electron chi connectivity index (χ1n) is 8.90. The van der Waals surface area contributed by atoms with Crippen LogP contribution in [-0.4, -0.2) is 11.2 Å². The van der Waals surface area contributed by atoms with E-state index in [2.05, 4.69) is 19.9 Å². The van der Waals surface area contributed by atoms with Gasteiger partial charge < -0.3 is 5.11 Å². The minimum atomic E-state index is -0.0483. The summed E-state index contributed by atoms with van der Waals surface area (Å²) in [7, 11) is 0. The smallest absolute Gasteiger partial charge is 0.0551 e. The van der Waals surface area contributed by atoms with Gasteiger partial charge in [-0.25, -0.2) is 0 Å². The van der Waals surface area contributed by atoms with Gasteiger partial charge in [0.25, 0.3) is 0 Å². The molecule has 0 bridgehead atoms. The standard InChI is InChI=1S/C19H30O/c1-18-10-3-4-16(18)15-8-6-13-5-7-14(20)12-19(13,2)17(15)9-11-18/h6,14-17,20H,3-5,7-12H2,1-2H3/t14?,15-,16-,17+,18-,19-/m0/s1. The summed E-state index contributed by atoms with van der Waals surface area (Å²) in [6.07, 6.45) is 14.3. The van der Waals surface area contributed by atoms with Crippen molar-refractivity contribution in [3.63, 3.8) is 0 Å². The number of hydrogen-bond donors (Lipinski definition) is 1. The van der Waals surface area contributed by atoms with E-state index in [-0.39, 0.29) is 6.10 Å². The van der Waals surface area contributed by atoms with Gasteiger partial charge in [-0.3, -0.25) is 0 Å². The van der Waals surface area contributed by atoms with Crippen LogP contribution in [0.15, 0.2) is 11.6 Å². The molecule has 4 rings (SSSR count). The van der Waals surface area contributed by atoms with Gasteiger partial charge in [-0.05, 0) is 80.0 Å². The van der Waals surface area contributed by atoms with Crippen molar-refractivity contribution < 1.29 is 5.11 Å². The zero-order chi connectivity index (χ0) is 14.0. The molecule has 3 fully saturated rings. The molecule has 20 heavy (non-hydrogen) atoms. The van der Waals surface area contributed by atoms with Crippen LogP contribution < -0.4 is 0 Å². The maximum Gasteiger partial charge on any atom is 0.0551 e. The molecule has 1 nitrogen and oxygen atoms in total. The van der Waals surface area contributed by atoms with Crippen molar-refractivity contribution >= 4 is 0 Å². The van der Waals surface area contributed by atoms with Crippen LogP contribution in [0.4, 0.5) is 0 Å². The molecule has 4 aliphatic carbocycles. The summed E-state index contributed by atoms with van der Waals surface area (Å²) in [6, 6.07) is 0. The molecule has 0 aliphatic heterocycles. The maximum atomic E-state index is 10.2. The fraction of sp³-hybridized carbons (Fsp3) is 0.895. The number of aliphatic hydroxyl groups excluding tert-OH is 1. The van der Waals surface area contributed by atoms with Crippen molar-refractivity contribution in [2.45, 2.75) is 77.7 Å². The van der Waals surface area contributed by atoms with Crippen molar-refractivity contribution in [1.29, 1.82) is 0 Å². The molecule has 0 aromatic heterocycles. The molecule has 0 saturated heterocycles. The second kappa shape index (κ2) is 4.35. The fourth-order valence-electron chi connectivity index (χ4n) is 6.73. The van der Waals surface area contributed by atoms with Gasteiger partial charge in [-0.2, -0.15) is 0 Å². The van der Waals surface area contributed by atoms with Crippen LogP contribution in [0.5, 0.6) is 0 Å². The highest BCUT2D eigenvalue weighted by molar-refractivity contribution is 5.24. The van der Waals surface area contributed by atoms with Crippen molar-refractivity contribution in [2.24, 2.45) is 28.6 Å². The molecule has 0 heterocycles. The van der Waals surface area contributed by atoms with E-state index in [1.165, 1.54) is 38.5 Å². The SMILES string of the molecule is C[C@@]12CCC[C@H]1[C@@H]1CC=C3CCC(O)C[C@]3(C)[C@@H]1CC2. The highest BCUT2D eigenvalue weighted by Gasteiger charge is 2.55. The van der Waals surface area contributed by atoms with Crippen molar-refractivity contribution in [3.8, 4) is 0 Å². The molecule has 0 radical (unpaired) electrons. The Kier molecular flexibility index (Phi) is 2.91. The average molecular weight is 274 g/mol. The van der Waals surface area contributed by atoms with Crippen LogP contribution in [0.3, 0.4) is 0 Å². The summed E-state index contributed by atoms with van der Waals surface area (Å²) in [5.74, 6) is 2.74. The Labute approximate surface area is 123 Å². The number of allylic oxidation sites excluding steroid dienone is 2. The molecule has 6 atom stereocenters. The molecule has 4 aliphatic rings. The van der Waals surface area contributed by atoms with E-state index < -0.39 is 0 Å². The summed E-state index contributed by atoms with van der Waals surface area (Å²) in [4.78, 5) is 0. The minimum absolute atomic E-state index is 0.0483. The summed E-state index contributed by atoms with van der Waals surface area (Å²) in [5, 5.41) is 10.2. The summed E-state index contributed by atoms with van der Waals surface area (Å²) < 4.78 is 0. The monoisotopic (exact) mass is 274 g/mol. The zero-order valence-electron chi connectivity index (χ0n) is 13.2. The molecule has 0 aromatic carbocycles. The topological polar surface area (TPSA) is 20.2 Å². The number of hydrogen-bond acceptors (Lipinski definition) is 1. The van der Waals surface area contributed by atoms with Gasteiger partial charge in [0, 0.05) is 0 Å². The lowest BCUT2D eigenvalue weighted by Gasteiger charge is -2.57. The molecule has 3 saturated carbocycles. The third-order valence-corrected chi connectivity index (χ3v) is 7.81. The lowest BCUT2D eigenvalue weighted by atomic mass is 9.48. The van der Waals surface area contributed by atoms with E-state index in [0.29, 0.717) is 10.8 Å². The third kappa shape index (κ3) is 1.71. The van der Waals surface area contributed by atoms with Crippen LogP contribution in [0, 0.1) is 28.6 Å². The number of rotatable bonds is 0. The minimum Gasteiger partial charge on any atom is -0.393 e. The summed E-state index contributed by atoms with van der Waals surface area (Å²) >= 11 is 0. The zero-order valence-corrected chi connectivity index (χ0v) is 13.2. The van der Waals surface area contributed by atoms with Crippen LogP contribution >= 0.6 is 0 Å². The normalized spacial score (nSPS) is 54.6. The van der Waals surface area contributed by atoms with Gasteiger partial charge in [0.05, 0.1) is 6.10 Å². The second-order valence-electron chi connectivity index (χ2n) is 8.74. The Morgan fingerprint density at radius 2 is 1.95 bits per heavy atom. The van der Waals surface area contributed by atoms with Gasteiger partial charge in [-0.15, -0.1) is 0 Å². The Balaban J connectivity index is 1.69. The first-order valence-corrected chi connectivity index (χ1v) is 8.90. The quantitative estimate of drug-likeness (QED) is 0.635. The number of fused-ring (bicyclic) bond motifs is 5. The Bertz CT molecular complexity index is 439. The number of aliphatic hydroxyl groups is 1. The highest BCUT2D eigenvalue weighted by atomic mass is 16.3. The highest BCUT2D eigenvalue weighted by Crippen LogP contribution is 2.64. The average Bonchev–Trinajstić information content (AvgIpc) is 2.79. The first-order chi connectivity index (χ1) is 9.53. The molecule has 0 aromatic rings. The van der Waals surface area contributed by atoms with E-state index in [1.54, 1.807) is 5.57 Å². The third-order valence-electron chi connectivity index (χ3n) is 7.81. The Morgan fingerprint density at radius 3 is 2.80 bits per heavy atom. The van der Waals surface area contributed by atoms with Crippen LogP contribution in [0.1, 0.15) is 71.6 Å². The van der Waals surface area contributed by atoms with E-state index in [4.69, 9.17) is 0 Å². The maximum absolute atomic E-state index is 10.2. The Morgan fingerprint density at radius 1 is 1.10 bits per heavy atom.